The van der Waals surface area contributed by atoms with Gasteiger partial charge in [0.05, 0.1) is 6.54 Å². The number of carbonyl (C=O) groups excluding carboxylic acids is 1. The summed E-state index contributed by atoms with van der Waals surface area (Å²) in [5.41, 5.74) is 5.03. The Morgan fingerprint density at radius 3 is 2.00 bits per heavy atom. The van der Waals surface area contributed by atoms with Crippen molar-refractivity contribution in [1.82, 2.24) is 0 Å². The van der Waals surface area contributed by atoms with Crippen LogP contribution in [0.5, 0.6) is 11.5 Å². The van der Waals surface area contributed by atoms with E-state index in [-0.39, 0.29) is 12.3 Å². The van der Waals surface area contributed by atoms with Crippen molar-refractivity contribution in [3.8, 4) is 11.5 Å². The number of hydrogen-bond donors (Lipinski definition) is 4. The maximum absolute atomic E-state index is 10.7. The Bertz CT molecular complexity index is 445. The molecule has 0 unspecified atom stereocenters. The lowest BCUT2D eigenvalue weighted by Crippen LogP contribution is -2.19. The third-order valence-electron chi connectivity index (χ3n) is 1.24. The van der Waals surface area contributed by atoms with Crippen LogP contribution in [0.25, 0.3) is 0 Å². The number of phenols is 1. The quantitative estimate of drug-likeness (QED) is 0.321. The van der Waals surface area contributed by atoms with Crippen molar-refractivity contribution in [3.05, 3.63) is 24.3 Å². The van der Waals surface area contributed by atoms with Gasteiger partial charge < -0.3 is 15.6 Å². The van der Waals surface area contributed by atoms with Crippen molar-refractivity contribution < 1.29 is 32.2 Å². The Morgan fingerprint density at radius 1 is 1.24 bits per heavy atom. The molecule has 0 bridgehead atoms. The Morgan fingerprint density at radius 2 is 1.65 bits per heavy atom. The van der Waals surface area contributed by atoms with Crippen LogP contribution in [-0.2, 0) is 15.2 Å². The second kappa shape index (κ2) is 6.81. The first-order valence-corrected chi connectivity index (χ1v) is 5.51. The smallest absolute Gasteiger partial charge is 0.394 e. The predicted octanol–water partition coefficient (Wildman–Crippen LogP) is -0.397. The van der Waals surface area contributed by atoms with Crippen molar-refractivity contribution in [2.24, 2.45) is 5.73 Å². The lowest BCUT2D eigenvalue weighted by atomic mass is 10.3. The van der Waals surface area contributed by atoms with Crippen LogP contribution in [0.15, 0.2) is 24.3 Å². The molecule has 1 aromatic rings. The number of ether oxygens (including phenoxy) is 1. The third kappa shape index (κ3) is 10.6. The molecule has 0 aliphatic carbocycles. The first-order chi connectivity index (χ1) is 7.72. The van der Waals surface area contributed by atoms with E-state index in [1.54, 1.807) is 0 Å². The molecule has 0 heterocycles. The molecule has 0 aliphatic rings. The van der Waals surface area contributed by atoms with Crippen LogP contribution in [0.3, 0.4) is 0 Å². The number of esters is 1. The molecule has 17 heavy (non-hydrogen) atoms. The van der Waals surface area contributed by atoms with Gasteiger partial charge in [0.15, 0.2) is 0 Å². The zero-order chi connectivity index (χ0) is 13.5. The number of benzene rings is 1. The molecule has 0 atom stereocenters. The summed E-state index contributed by atoms with van der Waals surface area (Å²) in [4.78, 5) is 10.7. The Hall–Kier alpha value is -1.68. The highest BCUT2D eigenvalue weighted by molar-refractivity contribution is 7.79. The van der Waals surface area contributed by atoms with Crippen molar-refractivity contribution in [2.45, 2.75) is 0 Å². The van der Waals surface area contributed by atoms with Gasteiger partial charge in [-0.15, -0.1) is 0 Å². The third-order valence-corrected chi connectivity index (χ3v) is 1.24. The topological polar surface area (TPSA) is 147 Å². The Kier molecular flexibility index (Phi) is 6.13. The molecule has 0 saturated heterocycles. The first-order valence-electron chi connectivity index (χ1n) is 4.12. The van der Waals surface area contributed by atoms with E-state index in [1.807, 2.05) is 0 Å². The molecule has 0 aliphatic heterocycles. The number of rotatable bonds is 2. The Balaban J connectivity index is 0.000000437. The summed E-state index contributed by atoms with van der Waals surface area (Å²) in [5, 5.41) is 8.88. The van der Waals surface area contributed by atoms with Crippen molar-refractivity contribution in [1.29, 1.82) is 0 Å². The molecule has 0 fully saturated rings. The van der Waals surface area contributed by atoms with Gasteiger partial charge in [0.25, 0.3) is 0 Å². The molecule has 0 aromatic heterocycles. The highest BCUT2D eigenvalue weighted by Crippen LogP contribution is 2.15. The first kappa shape index (κ1) is 15.3. The molecule has 8 nitrogen and oxygen atoms in total. The number of phenolic OH excluding ortho intramolecular Hbond substituents is 1. The summed E-state index contributed by atoms with van der Waals surface area (Å²) in [7, 11) is -4.67. The van der Waals surface area contributed by atoms with Crippen LogP contribution in [-0.4, -0.2) is 35.1 Å². The molecule has 0 spiro atoms. The fourth-order valence-electron chi connectivity index (χ4n) is 0.687. The molecule has 96 valence electrons. The van der Waals surface area contributed by atoms with E-state index in [2.05, 4.69) is 0 Å². The minimum atomic E-state index is -4.67. The zero-order valence-corrected chi connectivity index (χ0v) is 9.29. The summed E-state index contributed by atoms with van der Waals surface area (Å²) >= 11 is 0. The second-order valence-electron chi connectivity index (χ2n) is 2.62. The number of hydrogen-bond acceptors (Lipinski definition) is 6. The minimum absolute atomic E-state index is 0.127. The maximum Gasteiger partial charge on any atom is 0.394 e. The molecule has 1 rings (SSSR count). The average Bonchev–Trinajstić information content (AvgIpc) is 2.19. The van der Waals surface area contributed by atoms with Gasteiger partial charge in [0.1, 0.15) is 11.5 Å². The van der Waals surface area contributed by atoms with Gasteiger partial charge in [0, 0.05) is 0 Å². The molecule has 0 radical (unpaired) electrons. The Labute approximate surface area is 97.2 Å². The maximum atomic E-state index is 10.7. The number of carbonyl (C=O) groups is 1. The van der Waals surface area contributed by atoms with Crippen molar-refractivity contribution in [2.75, 3.05) is 6.54 Å². The molecule has 0 saturated carbocycles. The summed E-state index contributed by atoms with van der Waals surface area (Å²) < 4.78 is 36.3. The monoisotopic (exact) mass is 265 g/mol. The molecule has 1 aromatic carbocycles. The predicted molar refractivity (Wildman–Crippen MR) is 57.0 cm³/mol. The fraction of sp³-hybridized carbons (Fsp3) is 0.125. The van der Waals surface area contributed by atoms with Gasteiger partial charge in [-0.2, -0.15) is 8.42 Å². The van der Waals surface area contributed by atoms with Crippen LogP contribution in [0, 0.1) is 0 Å². The summed E-state index contributed by atoms with van der Waals surface area (Å²) in [6.07, 6.45) is 0. The van der Waals surface area contributed by atoms with E-state index in [0.717, 1.165) is 0 Å². The van der Waals surface area contributed by atoms with Gasteiger partial charge in [-0.05, 0) is 24.3 Å². The largest absolute Gasteiger partial charge is 0.508 e. The van der Waals surface area contributed by atoms with E-state index in [4.69, 9.17) is 33.1 Å². The molecule has 5 N–H and O–H groups in total. The van der Waals surface area contributed by atoms with Gasteiger partial charge >= 0.3 is 16.4 Å². The van der Waals surface area contributed by atoms with Gasteiger partial charge in [-0.3, -0.25) is 13.9 Å². The lowest BCUT2D eigenvalue weighted by molar-refractivity contribution is -0.132. The van der Waals surface area contributed by atoms with E-state index in [0.29, 0.717) is 5.75 Å². The second-order valence-corrected chi connectivity index (χ2v) is 3.52. The van der Waals surface area contributed by atoms with Crippen LogP contribution < -0.4 is 10.5 Å². The van der Waals surface area contributed by atoms with E-state index in [1.165, 1.54) is 24.3 Å². The van der Waals surface area contributed by atoms with E-state index < -0.39 is 16.4 Å². The van der Waals surface area contributed by atoms with Crippen molar-refractivity contribution in [3.63, 3.8) is 0 Å². The standard InChI is InChI=1S/C8H9NO3.H2O4S/c9-5-8(11)12-7-3-1-6(10)2-4-7;1-5(2,3)4/h1-4,10H,5,9H2;(H2,1,2,3,4). The molecule has 9 heteroatoms. The van der Waals surface area contributed by atoms with Crippen LogP contribution in [0.2, 0.25) is 0 Å². The fourth-order valence-corrected chi connectivity index (χ4v) is 0.687. The van der Waals surface area contributed by atoms with Crippen molar-refractivity contribution >= 4 is 16.4 Å². The van der Waals surface area contributed by atoms with Gasteiger partial charge in [-0.25, -0.2) is 0 Å². The zero-order valence-electron chi connectivity index (χ0n) is 8.48. The SMILES string of the molecule is NCC(=O)Oc1ccc(O)cc1.O=S(=O)(O)O. The summed E-state index contributed by atoms with van der Waals surface area (Å²) in [5.74, 6) is 0.00601. The normalized spacial score (nSPS) is 10.1. The summed E-state index contributed by atoms with van der Waals surface area (Å²) in [6, 6.07) is 5.84. The highest BCUT2D eigenvalue weighted by atomic mass is 32.3. The number of aromatic hydroxyl groups is 1. The van der Waals surface area contributed by atoms with E-state index in [9.17, 15) is 4.79 Å². The minimum Gasteiger partial charge on any atom is -0.508 e. The van der Waals surface area contributed by atoms with Crippen LogP contribution in [0.4, 0.5) is 0 Å². The summed E-state index contributed by atoms with van der Waals surface area (Å²) in [6.45, 7) is -0.152. The lowest BCUT2D eigenvalue weighted by Gasteiger charge is -2.01. The highest BCUT2D eigenvalue weighted by Gasteiger charge is 2.00. The molecular weight excluding hydrogens is 254 g/mol. The average molecular weight is 265 g/mol. The van der Waals surface area contributed by atoms with Crippen LogP contribution in [0.1, 0.15) is 0 Å². The molecule has 0 amide bonds. The van der Waals surface area contributed by atoms with Gasteiger partial charge in [-0.1, -0.05) is 0 Å². The number of nitrogens with two attached hydrogens (primary N) is 1. The van der Waals surface area contributed by atoms with Crippen LogP contribution >= 0.6 is 0 Å². The van der Waals surface area contributed by atoms with Gasteiger partial charge in [0.2, 0.25) is 0 Å². The van der Waals surface area contributed by atoms with E-state index >= 15 is 0 Å². The molecular formula is C8H11NO7S.